The molecule has 1 unspecified atom stereocenters. The first kappa shape index (κ1) is 22.3. The lowest BCUT2D eigenvalue weighted by Gasteiger charge is -2.22. The highest BCUT2D eigenvalue weighted by atomic mass is 19.4. The van der Waals surface area contributed by atoms with Crippen LogP contribution in [-0.2, 0) is 23.9 Å². The Hall–Kier alpha value is -3.95. The summed E-state index contributed by atoms with van der Waals surface area (Å²) in [6.07, 6.45) is -3.79. The van der Waals surface area contributed by atoms with Gasteiger partial charge in [0.15, 0.2) is 0 Å². The van der Waals surface area contributed by atoms with Gasteiger partial charge in [-0.2, -0.15) is 18.3 Å². The van der Waals surface area contributed by atoms with Crippen LogP contribution in [0.1, 0.15) is 28.5 Å². The van der Waals surface area contributed by atoms with Crippen molar-refractivity contribution in [2.45, 2.75) is 32.1 Å². The normalized spacial score (nSPS) is 15.3. The van der Waals surface area contributed by atoms with Crippen LogP contribution in [-0.4, -0.2) is 27.6 Å². The first-order valence-electron chi connectivity index (χ1n) is 10.1. The molecule has 0 bridgehead atoms. The third kappa shape index (κ3) is 4.64. The Morgan fingerprint density at radius 2 is 1.76 bits per heavy atom. The van der Waals surface area contributed by atoms with Crippen molar-refractivity contribution in [1.82, 2.24) is 9.78 Å². The van der Waals surface area contributed by atoms with Crippen LogP contribution >= 0.6 is 0 Å². The van der Waals surface area contributed by atoms with E-state index in [0.717, 1.165) is 46.3 Å². The first-order valence-corrected chi connectivity index (χ1v) is 10.1. The van der Waals surface area contributed by atoms with E-state index in [2.05, 4.69) is 10.4 Å². The van der Waals surface area contributed by atoms with Crippen molar-refractivity contribution < 1.29 is 22.8 Å². The average molecular weight is 456 g/mol. The topological polar surface area (TPSA) is 84.3 Å². The molecule has 1 atom stereocenters. The largest absolute Gasteiger partial charge is 0.416 e. The van der Waals surface area contributed by atoms with Crippen molar-refractivity contribution in [3.8, 4) is 0 Å². The predicted octanol–water partition coefficient (Wildman–Crippen LogP) is 3.49. The number of hydrogen-bond acceptors (Lipinski definition) is 4. The number of para-hydroxylation sites is 1. The van der Waals surface area contributed by atoms with Gasteiger partial charge in [-0.1, -0.05) is 18.2 Å². The van der Waals surface area contributed by atoms with Gasteiger partial charge in [0, 0.05) is 23.5 Å². The van der Waals surface area contributed by atoms with Crippen molar-refractivity contribution in [2.75, 3.05) is 10.2 Å². The summed E-state index contributed by atoms with van der Waals surface area (Å²) in [5, 5.41) is 6.47. The van der Waals surface area contributed by atoms with E-state index >= 15 is 0 Å². The van der Waals surface area contributed by atoms with E-state index in [0.29, 0.717) is 6.42 Å². The number of nitrogens with one attached hydrogen (secondary N) is 1. The fourth-order valence-electron chi connectivity index (χ4n) is 3.75. The summed E-state index contributed by atoms with van der Waals surface area (Å²) in [4.78, 5) is 39.3. The number of carbonyl (C=O) groups excluding carboxylic acids is 2. The van der Waals surface area contributed by atoms with Crippen LogP contribution in [0.3, 0.4) is 0 Å². The van der Waals surface area contributed by atoms with Gasteiger partial charge in [0.05, 0.1) is 5.56 Å². The number of alkyl halides is 3. The highest BCUT2D eigenvalue weighted by Crippen LogP contribution is 2.33. The van der Waals surface area contributed by atoms with Crippen molar-refractivity contribution >= 4 is 23.2 Å². The van der Waals surface area contributed by atoms with Crippen LogP contribution in [0.2, 0.25) is 0 Å². The van der Waals surface area contributed by atoms with Gasteiger partial charge in [0.25, 0.3) is 11.5 Å². The number of carbonyl (C=O) groups is 2. The summed E-state index contributed by atoms with van der Waals surface area (Å²) in [5.41, 5.74) is 0.500. The summed E-state index contributed by atoms with van der Waals surface area (Å²) >= 11 is 0. The molecule has 3 aromatic rings. The Morgan fingerprint density at radius 1 is 1.06 bits per heavy atom. The molecule has 33 heavy (non-hydrogen) atoms. The summed E-state index contributed by atoms with van der Waals surface area (Å²) in [7, 11) is 0. The number of nitrogens with zero attached hydrogens (tertiary/aromatic N) is 3. The molecule has 1 aromatic heterocycles. The molecule has 0 saturated heterocycles. The van der Waals surface area contributed by atoms with E-state index in [-0.39, 0.29) is 17.4 Å². The molecule has 4 rings (SSSR count). The Kier molecular flexibility index (Phi) is 5.75. The van der Waals surface area contributed by atoms with E-state index in [4.69, 9.17) is 0 Å². The number of anilines is 2. The molecule has 1 aliphatic heterocycles. The molecule has 0 fully saturated rings. The summed E-state index contributed by atoms with van der Waals surface area (Å²) in [6, 6.07) is 13.8. The van der Waals surface area contributed by atoms with Crippen LogP contribution < -0.4 is 15.8 Å². The molecule has 7 nitrogen and oxygen atoms in total. The number of amides is 2. The number of hydrogen-bond donors (Lipinski definition) is 1. The lowest BCUT2D eigenvalue weighted by Crippen LogP contribution is -2.38. The molecule has 0 radical (unpaired) electrons. The zero-order valence-corrected chi connectivity index (χ0v) is 17.5. The highest BCUT2D eigenvalue weighted by Gasteiger charge is 2.32. The predicted molar refractivity (Wildman–Crippen MR) is 115 cm³/mol. The van der Waals surface area contributed by atoms with E-state index < -0.39 is 35.7 Å². The van der Waals surface area contributed by atoms with E-state index in [1.54, 1.807) is 4.90 Å². The van der Waals surface area contributed by atoms with Gasteiger partial charge in [-0.25, -0.2) is 4.68 Å². The third-order valence-electron chi connectivity index (χ3n) is 5.30. The second kappa shape index (κ2) is 8.53. The molecule has 1 aliphatic rings. The van der Waals surface area contributed by atoms with Gasteiger partial charge in [-0.3, -0.25) is 14.4 Å². The van der Waals surface area contributed by atoms with Crippen molar-refractivity contribution in [3.63, 3.8) is 0 Å². The fraction of sp³-hybridized carbons (Fsp3) is 0.217. The van der Waals surface area contributed by atoms with Gasteiger partial charge in [0.1, 0.15) is 12.2 Å². The number of fused-ring (bicyclic) bond motifs is 1. The Morgan fingerprint density at radius 3 is 2.45 bits per heavy atom. The van der Waals surface area contributed by atoms with Crippen molar-refractivity contribution in [1.29, 1.82) is 0 Å². The van der Waals surface area contributed by atoms with Crippen LogP contribution in [0, 0.1) is 0 Å². The van der Waals surface area contributed by atoms with E-state index in [1.807, 2.05) is 31.2 Å². The molecule has 0 aliphatic carbocycles. The maximum Gasteiger partial charge on any atom is 0.416 e. The van der Waals surface area contributed by atoms with Crippen LogP contribution in [0.15, 0.2) is 65.5 Å². The average Bonchev–Trinajstić information content (AvgIpc) is 3.10. The number of rotatable bonds is 4. The minimum Gasteiger partial charge on any atom is -0.324 e. The summed E-state index contributed by atoms with van der Waals surface area (Å²) in [6.45, 7) is 1.40. The monoisotopic (exact) mass is 456 g/mol. The molecule has 2 amide bonds. The van der Waals surface area contributed by atoms with Gasteiger partial charge in [-0.05, 0) is 55.3 Å². The maximum atomic E-state index is 13.1. The minimum absolute atomic E-state index is 0.000447. The lowest BCUT2D eigenvalue weighted by atomic mass is 10.1. The quantitative estimate of drug-likeness (QED) is 0.652. The van der Waals surface area contributed by atoms with E-state index in [1.165, 1.54) is 6.07 Å². The number of halogens is 3. The van der Waals surface area contributed by atoms with Gasteiger partial charge >= 0.3 is 6.18 Å². The van der Waals surface area contributed by atoms with Gasteiger partial charge < -0.3 is 10.2 Å². The molecule has 2 heterocycles. The molecular formula is C23H19F3N4O3. The standard InChI is InChI=1S/C23H19F3N4O3/c1-14-12-15-4-2-3-5-19(15)30(14)22(33)18-10-11-21(32)29(28-18)13-20(31)27-17-8-6-16(7-9-17)23(24,25)26/h2-11,14H,12-13H2,1H3,(H,27,31). The smallest absolute Gasteiger partial charge is 0.324 e. The van der Waals surface area contributed by atoms with Crippen molar-refractivity contribution in [2.24, 2.45) is 0 Å². The lowest BCUT2D eigenvalue weighted by molar-refractivity contribution is -0.137. The highest BCUT2D eigenvalue weighted by molar-refractivity contribution is 6.06. The first-order chi connectivity index (χ1) is 15.6. The van der Waals surface area contributed by atoms with Crippen LogP contribution in [0.5, 0.6) is 0 Å². The number of benzene rings is 2. The van der Waals surface area contributed by atoms with Crippen LogP contribution in [0.4, 0.5) is 24.5 Å². The Bertz CT molecular complexity index is 1270. The Labute approximate surface area is 186 Å². The number of aromatic nitrogens is 2. The molecule has 2 aromatic carbocycles. The SMILES string of the molecule is CC1Cc2ccccc2N1C(=O)c1ccc(=O)n(CC(=O)Nc2ccc(C(F)(F)F)cc2)n1. The zero-order valence-electron chi connectivity index (χ0n) is 17.5. The molecule has 0 spiro atoms. The van der Waals surface area contributed by atoms with Crippen molar-refractivity contribution in [3.05, 3.63) is 87.8 Å². The fourth-order valence-corrected chi connectivity index (χ4v) is 3.75. The molecular weight excluding hydrogens is 437 g/mol. The summed E-state index contributed by atoms with van der Waals surface area (Å²) < 4.78 is 38.9. The third-order valence-corrected chi connectivity index (χ3v) is 5.30. The van der Waals surface area contributed by atoms with Gasteiger partial charge in [0.2, 0.25) is 5.91 Å². The molecule has 0 saturated carbocycles. The zero-order chi connectivity index (χ0) is 23.8. The molecule has 1 N–H and O–H groups in total. The van der Waals surface area contributed by atoms with E-state index in [9.17, 15) is 27.6 Å². The Balaban J connectivity index is 1.50. The second-order valence-electron chi connectivity index (χ2n) is 7.69. The van der Waals surface area contributed by atoms with Gasteiger partial charge in [-0.15, -0.1) is 0 Å². The minimum atomic E-state index is -4.49. The van der Waals surface area contributed by atoms with Crippen LogP contribution in [0.25, 0.3) is 0 Å². The second-order valence-corrected chi connectivity index (χ2v) is 7.69. The maximum absolute atomic E-state index is 13.1. The molecule has 170 valence electrons. The molecule has 10 heteroatoms. The summed E-state index contributed by atoms with van der Waals surface area (Å²) in [5.74, 6) is -1.07.